The van der Waals surface area contributed by atoms with Crippen LogP contribution in [0.25, 0.3) is 0 Å². The Balaban J connectivity index is 0.00000784. The monoisotopic (exact) mass is 560 g/mol. The van der Waals surface area contributed by atoms with E-state index in [1.165, 1.54) is 0 Å². The smallest absolute Gasteiger partial charge is 0.382 e. The Labute approximate surface area is 188 Å². The molecule has 0 saturated carbocycles. The first-order valence-corrected chi connectivity index (χ1v) is 10.8. The van der Waals surface area contributed by atoms with E-state index in [2.05, 4.69) is 15.6 Å². The second kappa shape index (κ2) is 14.6. The number of rotatable bonds is 11. The third-order valence-corrected chi connectivity index (χ3v) is 5.88. The summed E-state index contributed by atoms with van der Waals surface area (Å²) in [6.07, 6.45) is 1.50. The lowest BCUT2D eigenvalue weighted by molar-refractivity contribution is -0.0496. The third kappa shape index (κ3) is 10.5. The first-order chi connectivity index (χ1) is 13.2. The average Bonchev–Trinajstić information content (AvgIpc) is 2.64. The molecule has 1 fully saturated rings. The van der Waals surface area contributed by atoms with E-state index in [1.54, 1.807) is 7.11 Å². The van der Waals surface area contributed by atoms with Crippen molar-refractivity contribution in [3.8, 4) is 0 Å². The van der Waals surface area contributed by atoms with E-state index in [4.69, 9.17) is 9.47 Å². The molecule has 0 aromatic rings. The predicted octanol–water partition coefficient (Wildman–Crippen LogP) is 1.77. The van der Waals surface area contributed by atoms with Gasteiger partial charge in [0.15, 0.2) is 5.96 Å². The van der Waals surface area contributed by atoms with Gasteiger partial charge >= 0.3 is 15.5 Å². The fourth-order valence-corrected chi connectivity index (χ4v) is 3.65. The SMILES string of the molecule is CCNC(=NCC1CCN(S(=O)(=O)C(F)(F)F)CC1)NCCCOCCOC.I. The van der Waals surface area contributed by atoms with Gasteiger partial charge < -0.3 is 20.1 Å². The Hall–Kier alpha value is -0.380. The highest BCUT2D eigenvalue weighted by atomic mass is 127. The highest BCUT2D eigenvalue weighted by molar-refractivity contribution is 14.0. The molecular formula is C16H32F3IN4O4S. The van der Waals surface area contributed by atoms with Gasteiger partial charge in [0.05, 0.1) is 13.2 Å². The Kier molecular flexibility index (Phi) is 14.4. The molecule has 1 heterocycles. The molecule has 0 spiro atoms. The van der Waals surface area contributed by atoms with E-state index >= 15 is 0 Å². The van der Waals surface area contributed by atoms with Gasteiger partial charge in [0.1, 0.15) is 0 Å². The minimum absolute atomic E-state index is 0. The van der Waals surface area contributed by atoms with Crippen molar-refractivity contribution in [3.63, 3.8) is 0 Å². The second-order valence-electron chi connectivity index (χ2n) is 6.40. The maximum atomic E-state index is 12.6. The van der Waals surface area contributed by atoms with E-state index in [0.717, 1.165) is 6.42 Å². The molecule has 29 heavy (non-hydrogen) atoms. The Morgan fingerprint density at radius 1 is 1.17 bits per heavy atom. The molecule has 2 N–H and O–H groups in total. The van der Waals surface area contributed by atoms with Crippen LogP contribution in [0.1, 0.15) is 26.2 Å². The number of methoxy groups -OCH3 is 1. The van der Waals surface area contributed by atoms with Crippen LogP contribution in [0.4, 0.5) is 13.2 Å². The van der Waals surface area contributed by atoms with E-state index in [0.29, 0.717) is 62.6 Å². The molecule has 13 heteroatoms. The van der Waals surface area contributed by atoms with Crippen LogP contribution < -0.4 is 10.6 Å². The van der Waals surface area contributed by atoms with E-state index in [-0.39, 0.29) is 43.0 Å². The summed E-state index contributed by atoms with van der Waals surface area (Å²) in [6.45, 7) is 5.15. The van der Waals surface area contributed by atoms with Crippen LogP contribution in [-0.2, 0) is 19.5 Å². The minimum Gasteiger partial charge on any atom is -0.382 e. The molecule has 0 atom stereocenters. The van der Waals surface area contributed by atoms with Crippen molar-refractivity contribution in [3.05, 3.63) is 0 Å². The third-order valence-electron chi connectivity index (χ3n) is 4.25. The number of sulfonamides is 1. The van der Waals surface area contributed by atoms with Gasteiger partial charge in [-0.3, -0.25) is 4.99 Å². The van der Waals surface area contributed by atoms with Crippen molar-refractivity contribution in [2.24, 2.45) is 10.9 Å². The van der Waals surface area contributed by atoms with Gasteiger partial charge in [0.25, 0.3) is 0 Å². The summed E-state index contributed by atoms with van der Waals surface area (Å²) >= 11 is 0. The van der Waals surface area contributed by atoms with Crippen LogP contribution in [0.5, 0.6) is 0 Å². The molecule has 1 aliphatic heterocycles. The first kappa shape index (κ1) is 28.6. The summed E-state index contributed by atoms with van der Waals surface area (Å²) in [7, 11) is -3.62. The molecule has 174 valence electrons. The average molecular weight is 560 g/mol. The van der Waals surface area contributed by atoms with Crippen LogP contribution in [-0.4, -0.2) is 83.8 Å². The molecule has 8 nitrogen and oxygen atoms in total. The molecule has 0 aliphatic carbocycles. The fraction of sp³-hybridized carbons (Fsp3) is 0.938. The standard InChI is InChI=1S/C16H31F3N4O4S.HI/c1-3-20-15(21-7-4-10-27-12-11-26-2)22-13-14-5-8-23(9-6-14)28(24,25)16(17,18)19;/h14H,3-13H2,1-2H3,(H2,20,21,22);1H. The van der Waals surface area contributed by atoms with E-state index in [9.17, 15) is 21.6 Å². The molecule has 0 amide bonds. The highest BCUT2D eigenvalue weighted by Crippen LogP contribution is 2.30. The molecule has 0 aromatic heterocycles. The molecule has 0 aromatic carbocycles. The fourth-order valence-electron chi connectivity index (χ4n) is 2.67. The highest BCUT2D eigenvalue weighted by Gasteiger charge is 2.50. The van der Waals surface area contributed by atoms with Crippen molar-refractivity contribution in [2.45, 2.75) is 31.7 Å². The predicted molar refractivity (Wildman–Crippen MR) is 116 cm³/mol. The Morgan fingerprint density at radius 2 is 1.83 bits per heavy atom. The topological polar surface area (TPSA) is 92.3 Å². The van der Waals surface area contributed by atoms with Crippen molar-refractivity contribution >= 4 is 40.0 Å². The zero-order valence-electron chi connectivity index (χ0n) is 16.8. The second-order valence-corrected chi connectivity index (χ2v) is 8.33. The number of aliphatic imine (C=N–C) groups is 1. The summed E-state index contributed by atoms with van der Waals surface area (Å²) in [4.78, 5) is 4.46. The summed E-state index contributed by atoms with van der Waals surface area (Å²) in [5.74, 6) is 0.678. The van der Waals surface area contributed by atoms with Gasteiger partial charge in [-0.25, -0.2) is 8.42 Å². The lowest BCUT2D eigenvalue weighted by Gasteiger charge is -2.30. The summed E-state index contributed by atoms with van der Waals surface area (Å²) in [5, 5.41) is 6.29. The quantitative estimate of drug-likeness (QED) is 0.173. The molecule has 0 unspecified atom stereocenters. The van der Waals surface area contributed by atoms with Gasteiger partial charge in [-0.15, -0.1) is 24.0 Å². The maximum absolute atomic E-state index is 12.6. The largest absolute Gasteiger partial charge is 0.511 e. The lowest BCUT2D eigenvalue weighted by atomic mass is 9.98. The van der Waals surface area contributed by atoms with Crippen molar-refractivity contribution in [1.29, 1.82) is 0 Å². The maximum Gasteiger partial charge on any atom is 0.511 e. The van der Waals surface area contributed by atoms with Crippen LogP contribution in [0.15, 0.2) is 4.99 Å². The lowest BCUT2D eigenvalue weighted by Crippen LogP contribution is -2.45. The van der Waals surface area contributed by atoms with Crippen LogP contribution in [0.3, 0.4) is 0 Å². The summed E-state index contributed by atoms with van der Waals surface area (Å²) in [6, 6.07) is 0. The molecule has 1 aliphatic rings. The van der Waals surface area contributed by atoms with Gasteiger partial charge in [-0.05, 0) is 32.1 Å². The number of nitrogens with zero attached hydrogens (tertiary/aromatic N) is 2. The number of piperidine rings is 1. The number of ether oxygens (including phenoxy) is 2. The van der Waals surface area contributed by atoms with Crippen molar-refractivity contribution < 1.29 is 31.1 Å². The Morgan fingerprint density at radius 3 is 2.38 bits per heavy atom. The zero-order valence-corrected chi connectivity index (χ0v) is 20.0. The summed E-state index contributed by atoms with van der Waals surface area (Å²) < 4.78 is 71.5. The van der Waals surface area contributed by atoms with Gasteiger partial charge in [-0.2, -0.15) is 17.5 Å². The van der Waals surface area contributed by atoms with Crippen molar-refractivity contribution in [2.75, 3.05) is 59.7 Å². The van der Waals surface area contributed by atoms with Gasteiger partial charge in [0.2, 0.25) is 0 Å². The van der Waals surface area contributed by atoms with E-state index in [1.807, 2.05) is 6.92 Å². The molecule has 1 rings (SSSR count). The number of hydrogen-bond donors (Lipinski definition) is 2. The van der Waals surface area contributed by atoms with Crippen LogP contribution >= 0.6 is 24.0 Å². The zero-order chi connectivity index (χ0) is 21.0. The molecule has 0 bridgehead atoms. The van der Waals surface area contributed by atoms with Crippen LogP contribution in [0.2, 0.25) is 0 Å². The number of guanidine groups is 1. The molecule has 0 radical (unpaired) electrons. The molecular weight excluding hydrogens is 528 g/mol. The number of hydrogen-bond acceptors (Lipinski definition) is 5. The first-order valence-electron chi connectivity index (χ1n) is 9.37. The number of halogens is 4. The van der Waals surface area contributed by atoms with Gasteiger partial charge in [-0.1, -0.05) is 0 Å². The van der Waals surface area contributed by atoms with Crippen molar-refractivity contribution in [1.82, 2.24) is 14.9 Å². The van der Waals surface area contributed by atoms with Crippen LogP contribution in [0, 0.1) is 5.92 Å². The Bertz CT molecular complexity index is 571. The minimum atomic E-state index is -5.24. The summed E-state index contributed by atoms with van der Waals surface area (Å²) in [5.41, 5.74) is -5.24. The van der Waals surface area contributed by atoms with Gasteiger partial charge in [0, 0.05) is 46.4 Å². The number of nitrogens with one attached hydrogen (secondary N) is 2. The number of alkyl halides is 3. The molecule has 1 saturated heterocycles. The normalized spacial score (nSPS) is 17.1. The van der Waals surface area contributed by atoms with E-state index < -0.39 is 15.5 Å².